The number of benzene rings is 4. The van der Waals surface area contributed by atoms with Gasteiger partial charge in [0.05, 0.1) is 28.6 Å². The number of phenols is 1. The molecular formula is C27H19ClN4O3S. The predicted molar refractivity (Wildman–Crippen MR) is 144 cm³/mol. The van der Waals surface area contributed by atoms with Gasteiger partial charge in [0.1, 0.15) is 5.75 Å². The third-order valence-corrected chi connectivity index (χ3v) is 6.68. The summed E-state index contributed by atoms with van der Waals surface area (Å²) in [6.07, 6.45) is 1.41. The number of nitrogens with one attached hydrogen (secondary N) is 1. The summed E-state index contributed by atoms with van der Waals surface area (Å²) in [6.45, 7) is 0. The number of rotatable bonds is 6. The number of thioether (sulfide) groups is 1. The van der Waals surface area contributed by atoms with Crippen molar-refractivity contribution in [2.75, 3.05) is 5.75 Å². The molecule has 0 fully saturated rings. The minimum Gasteiger partial charge on any atom is -0.507 e. The van der Waals surface area contributed by atoms with E-state index in [2.05, 4.69) is 15.5 Å². The van der Waals surface area contributed by atoms with E-state index in [1.54, 1.807) is 54.6 Å². The number of phenolic OH excluding ortho intramolecular Hbond substituents is 1. The van der Waals surface area contributed by atoms with Gasteiger partial charge < -0.3 is 5.11 Å². The molecule has 1 aromatic heterocycles. The minimum absolute atomic E-state index is 0.0305. The fourth-order valence-corrected chi connectivity index (χ4v) is 4.71. The standard InChI is InChI=1S/C27H19ClN4O3S/c28-18-10-12-19(13-11-18)32-26(35)21-7-3-4-8-23(21)30-27(32)36-16-25(34)31-29-15-22-20-6-2-1-5-17(20)9-14-24(22)33/h1-15,33H,16H2,(H,31,34)/b29-15+. The van der Waals surface area contributed by atoms with Crippen LogP contribution in [0.15, 0.2) is 100.0 Å². The van der Waals surface area contributed by atoms with Gasteiger partial charge in [-0.15, -0.1) is 0 Å². The lowest BCUT2D eigenvalue weighted by atomic mass is 10.0. The zero-order valence-corrected chi connectivity index (χ0v) is 20.3. The molecule has 178 valence electrons. The van der Waals surface area contributed by atoms with Gasteiger partial charge in [-0.1, -0.05) is 65.8 Å². The first-order valence-electron chi connectivity index (χ1n) is 10.9. The van der Waals surface area contributed by atoms with Crippen molar-refractivity contribution < 1.29 is 9.90 Å². The van der Waals surface area contributed by atoms with E-state index in [1.165, 1.54) is 10.8 Å². The number of hydrogen-bond donors (Lipinski definition) is 2. The van der Waals surface area contributed by atoms with E-state index >= 15 is 0 Å². The normalized spacial score (nSPS) is 11.4. The van der Waals surface area contributed by atoms with Crippen LogP contribution in [0, 0.1) is 0 Å². The maximum absolute atomic E-state index is 13.3. The Balaban J connectivity index is 1.38. The molecule has 4 aromatic carbocycles. The first-order chi connectivity index (χ1) is 17.5. The molecule has 36 heavy (non-hydrogen) atoms. The molecule has 0 saturated heterocycles. The molecule has 0 aliphatic heterocycles. The lowest BCUT2D eigenvalue weighted by Gasteiger charge is -2.13. The summed E-state index contributed by atoms with van der Waals surface area (Å²) in [5.41, 5.74) is 3.88. The van der Waals surface area contributed by atoms with Crippen molar-refractivity contribution >= 4 is 57.2 Å². The lowest BCUT2D eigenvalue weighted by Crippen LogP contribution is -2.24. The Labute approximate surface area is 215 Å². The third kappa shape index (κ3) is 4.82. The summed E-state index contributed by atoms with van der Waals surface area (Å²) in [5, 5.41) is 17.4. The summed E-state index contributed by atoms with van der Waals surface area (Å²) >= 11 is 7.14. The molecule has 2 N–H and O–H groups in total. The maximum atomic E-state index is 13.3. The number of halogens is 1. The molecule has 1 amide bonds. The maximum Gasteiger partial charge on any atom is 0.266 e. The van der Waals surface area contributed by atoms with Crippen LogP contribution in [-0.4, -0.2) is 32.5 Å². The third-order valence-electron chi connectivity index (χ3n) is 5.49. The van der Waals surface area contributed by atoms with E-state index in [0.29, 0.717) is 32.3 Å². The lowest BCUT2D eigenvalue weighted by molar-refractivity contribution is -0.118. The van der Waals surface area contributed by atoms with Crippen LogP contribution in [0.5, 0.6) is 5.75 Å². The number of amides is 1. The zero-order chi connectivity index (χ0) is 25.1. The second-order valence-electron chi connectivity index (χ2n) is 7.83. The van der Waals surface area contributed by atoms with Crippen LogP contribution >= 0.6 is 23.4 Å². The summed E-state index contributed by atoms with van der Waals surface area (Å²) in [5.74, 6) is -0.355. The Bertz CT molecular complexity index is 1680. The topological polar surface area (TPSA) is 96.6 Å². The van der Waals surface area contributed by atoms with Gasteiger partial charge in [-0.25, -0.2) is 10.4 Å². The van der Waals surface area contributed by atoms with Gasteiger partial charge in [0.25, 0.3) is 11.5 Å². The number of nitrogens with zero attached hydrogens (tertiary/aromatic N) is 3. The molecule has 0 atom stereocenters. The molecule has 5 rings (SSSR count). The van der Waals surface area contributed by atoms with Crippen LogP contribution in [0.3, 0.4) is 0 Å². The SMILES string of the molecule is O=C(CSc1nc2ccccc2c(=O)n1-c1ccc(Cl)cc1)N/N=C/c1c(O)ccc2ccccc12. The highest BCUT2D eigenvalue weighted by Crippen LogP contribution is 2.25. The molecule has 5 aromatic rings. The Morgan fingerprint density at radius 2 is 1.72 bits per heavy atom. The molecule has 1 heterocycles. The van der Waals surface area contributed by atoms with Crippen LogP contribution in [0.1, 0.15) is 5.56 Å². The molecule has 0 bridgehead atoms. The first kappa shape index (κ1) is 23.6. The van der Waals surface area contributed by atoms with Crippen LogP contribution < -0.4 is 11.0 Å². The number of aromatic hydroxyl groups is 1. The van der Waals surface area contributed by atoms with Crippen molar-refractivity contribution in [3.05, 3.63) is 106 Å². The van der Waals surface area contributed by atoms with Gasteiger partial charge in [-0.05, 0) is 53.2 Å². The molecule has 0 radical (unpaired) electrons. The molecule has 9 heteroatoms. The van der Waals surface area contributed by atoms with Crippen LogP contribution in [0.25, 0.3) is 27.4 Å². The second kappa shape index (κ2) is 10.2. The monoisotopic (exact) mass is 514 g/mol. The van der Waals surface area contributed by atoms with Crippen molar-refractivity contribution in [1.82, 2.24) is 15.0 Å². The first-order valence-corrected chi connectivity index (χ1v) is 12.3. The van der Waals surface area contributed by atoms with Crippen molar-refractivity contribution in [3.8, 4) is 11.4 Å². The number of hydrogen-bond acceptors (Lipinski definition) is 6. The van der Waals surface area contributed by atoms with Crippen LogP contribution in [0.4, 0.5) is 0 Å². The molecular weight excluding hydrogens is 496 g/mol. The average molecular weight is 515 g/mol. The van der Waals surface area contributed by atoms with E-state index in [0.717, 1.165) is 22.5 Å². The van der Waals surface area contributed by atoms with Gasteiger partial charge in [-0.2, -0.15) is 5.10 Å². The fourth-order valence-electron chi connectivity index (χ4n) is 3.78. The highest BCUT2D eigenvalue weighted by molar-refractivity contribution is 7.99. The van der Waals surface area contributed by atoms with E-state index in [1.807, 2.05) is 30.3 Å². The van der Waals surface area contributed by atoms with E-state index < -0.39 is 0 Å². The largest absolute Gasteiger partial charge is 0.507 e. The van der Waals surface area contributed by atoms with Crippen molar-refractivity contribution in [2.24, 2.45) is 5.10 Å². The number of carbonyl (C=O) groups is 1. The highest BCUT2D eigenvalue weighted by Gasteiger charge is 2.15. The fraction of sp³-hybridized carbons (Fsp3) is 0.0370. The zero-order valence-electron chi connectivity index (χ0n) is 18.8. The summed E-state index contributed by atoms with van der Waals surface area (Å²) in [4.78, 5) is 30.5. The number of hydrazone groups is 1. The van der Waals surface area contributed by atoms with Crippen molar-refractivity contribution in [2.45, 2.75) is 5.16 Å². The van der Waals surface area contributed by atoms with Crippen LogP contribution in [0.2, 0.25) is 5.02 Å². The van der Waals surface area contributed by atoms with E-state index in [4.69, 9.17) is 11.6 Å². The molecule has 0 aliphatic rings. The number of fused-ring (bicyclic) bond motifs is 2. The van der Waals surface area contributed by atoms with Gasteiger partial charge in [-0.3, -0.25) is 14.2 Å². The molecule has 0 aliphatic carbocycles. The second-order valence-corrected chi connectivity index (χ2v) is 9.21. The predicted octanol–water partition coefficient (Wildman–Crippen LogP) is 5.14. The highest BCUT2D eigenvalue weighted by atomic mass is 35.5. The Morgan fingerprint density at radius 1 is 1.00 bits per heavy atom. The van der Waals surface area contributed by atoms with Gasteiger partial charge in [0.15, 0.2) is 5.16 Å². The van der Waals surface area contributed by atoms with E-state index in [-0.39, 0.29) is 23.0 Å². The van der Waals surface area contributed by atoms with Gasteiger partial charge in [0, 0.05) is 10.6 Å². The van der Waals surface area contributed by atoms with E-state index in [9.17, 15) is 14.7 Å². The minimum atomic E-state index is -0.388. The Kier molecular flexibility index (Phi) is 6.71. The molecule has 0 unspecified atom stereocenters. The Hall–Kier alpha value is -4.14. The Morgan fingerprint density at radius 3 is 2.53 bits per heavy atom. The van der Waals surface area contributed by atoms with Gasteiger partial charge >= 0.3 is 0 Å². The summed E-state index contributed by atoms with van der Waals surface area (Å²) in [6, 6.07) is 24.9. The molecule has 7 nitrogen and oxygen atoms in total. The quantitative estimate of drug-likeness (QED) is 0.141. The van der Waals surface area contributed by atoms with Crippen molar-refractivity contribution in [3.63, 3.8) is 0 Å². The van der Waals surface area contributed by atoms with Gasteiger partial charge in [0.2, 0.25) is 0 Å². The molecule has 0 spiro atoms. The summed E-state index contributed by atoms with van der Waals surface area (Å²) < 4.78 is 1.47. The number of carbonyl (C=O) groups excluding carboxylic acids is 1. The number of para-hydroxylation sites is 1. The summed E-state index contributed by atoms with van der Waals surface area (Å²) in [7, 11) is 0. The van der Waals surface area contributed by atoms with Crippen LogP contribution in [-0.2, 0) is 4.79 Å². The van der Waals surface area contributed by atoms with Crippen molar-refractivity contribution in [1.29, 1.82) is 0 Å². The molecule has 0 saturated carbocycles. The average Bonchev–Trinajstić information content (AvgIpc) is 2.89. The smallest absolute Gasteiger partial charge is 0.266 e. The number of aromatic nitrogens is 2.